The average molecular weight is 929 g/mol. The summed E-state index contributed by atoms with van der Waals surface area (Å²) < 4.78 is 21.6. The molecule has 0 unspecified atom stereocenters. The molecule has 0 amide bonds. The van der Waals surface area contributed by atoms with E-state index in [1.807, 2.05) is 0 Å². The van der Waals surface area contributed by atoms with Crippen LogP contribution < -0.4 is 10.9 Å². The maximum Gasteiger partial charge on any atom is 2.00 e. The Labute approximate surface area is 410 Å². The van der Waals surface area contributed by atoms with E-state index in [1.54, 1.807) is 0 Å². The maximum absolute atomic E-state index is 12.9. The summed E-state index contributed by atoms with van der Waals surface area (Å²) >= 11 is 0. The molecular formula is C38H40Ca2O22. The quantitative estimate of drug-likeness (QED) is 0.0530. The van der Waals surface area contributed by atoms with Crippen molar-refractivity contribution in [3.05, 3.63) is 68.0 Å². The van der Waals surface area contributed by atoms with Gasteiger partial charge >= 0.3 is 75.5 Å². The third-order valence-electron chi connectivity index (χ3n) is 10.5. The van der Waals surface area contributed by atoms with Crippen LogP contribution in [0.4, 0.5) is 0 Å². The minimum atomic E-state index is -1.81. The molecule has 328 valence electrons. The van der Waals surface area contributed by atoms with E-state index in [-0.39, 0.29) is 114 Å². The summed E-state index contributed by atoms with van der Waals surface area (Å²) in [6.45, 7) is -1.46. The van der Waals surface area contributed by atoms with Gasteiger partial charge in [0.1, 0.15) is 117 Å². The molecule has 0 spiro atoms. The van der Waals surface area contributed by atoms with Crippen molar-refractivity contribution < 1.29 is 106 Å². The van der Waals surface area contributed by atoms with Crippen LogP contribution in [0.1, 0.15) is 29.0 Å². The average Bonchev–Trinajstić information content (AvgIpc) is 3.19. The van der Waals surface area contributed by atoms with Crippen molar-refractivity contribution in [2.24, 2.45) is 0 Å². The number of rotatable bonds is 4. The van der Waals surface area contributed by atoms with E-state index in [2.05, 4.69) is 0 Å². The molecule has 0 bridgehead atoms. The Morgan fingerprint density at radius 1 is 0.435 bits per heavy atom. The molecule has 0 saturated carbocycles. The first-order valence-corrected chi connectivity index (χ1v) is 17.7. The maximum atomic E-state index is 12.9. The number of phenolic OH excluding ortho intramolecular Hbond substituents is 8. The molecule has 4 heterocycles. The minimum Gasteiger partial charge on any atom is -1.00 e. The van der Waals surface area contributed by atoms with Crippen molar-refractivity contribution in [3.8, 4) is 46.0 Å². The van der Waals surface area contributed by atoms with Gasteiger partial charge < -0.3 is 106 Å². The van der Waals surface area contributed by atoms with Crippen molar-refractivity contribution in [2.45, 2.75) is 61.0 Å². The molecule has 22 nitrogen and oxygen atoms in total. The molecule has 24 heteroatoms. The number of aromatic hydroxyl groups is 8. The van der Waals surface area contributed by atoms with Crippen molar-refractivity contribution in [1.82, 2.24) is 0 Å². The fraction of sp³-hybridized carbons (Fsp3) is 0.316. The molecule has 62 heavy (non-hydrogen) atoms. The van der Waals surface area contributed by atoms with Gasteiger partial charge in [-0.1, -0.05) is 0 Å². The van der Waals surface area contributed by atoms with Gasteiger partial charge in [-0.05, 0) is 12.1 Å². The summed E-state index contributed by atoms with van der Waals surface area (Å²) in [5.41, 5.74) is -3.33. The van der Waals surface area contributed by atoms with Gasteiger partial charge in [-0.2, -0.15) is 0 Å². The van der Waals surface area contributed by atoms with E-state index in [0.29, 0.717) is 0 Å². The SMILES string of the molecule is O=c1c2cc(O)c(O)cc2oc2cc(O)c([C@@H]3O[C@H](CO)[C@@H](O)[C@H](O)[C@H]3O)c(O)c12.O=c1c2cc(O)c(O)cc2oc2cc(O)c([C@@H]3O[C@H](CO)[C@@H](O)[C@H](O)[C@H]3O)c(O)c12.[Ca+2].[Ca+2].[H-].[H-].[H-].[H-]. The van der Waals surface area contributed by atoms with Crippen molar-refractivity contribution >= 4 is 119 Å². The standard InChI is InChI=1S/2C19H18O11.2Ca.4H/c2*20-4-11-15(25)17(27)18(28)19(30-11)12-8(23)3-10-13(16(12)26)14(24)5-1-6(21)7(22)2-9(5)29-10;;;;;;/h2*1-3,11,15,17-23,25-28H,4H2;;;;;;/q;;2*+2;4*-1/t2*11-,15-,17+,18-,19+;;;;;;/m11....../s1. The Morgan fingerprint density at radius 3 is 1.06 bits per heavy atom. The van der Waals surface area contributed by atoms with Crippen LogP contribution in [-0.4, -0.2) is 219 Å². The van der Waals surface area contributed by atoms with Gasteiger partial charge in [0.2, 0.25) is 10.9 Å². The van der Waals surface area contributed by atoms with E-state index < -0.39 is 153 Å². The molecule has 6 aromatic rings. The second-order valence-corrected chi connectivity index (χ2v) is 14.1. The normalized spacial score (nSPS) is 26.1. The monoisotopic (exact) mass is 928 g/mol. The Hall–Kier alpha value is -3.66. The van der Waals surface area contributed by atoms with Gasteiger partial charge in [0.25, 0.3) is 0 Å². The summed E-state index contributed by atoms with van der Waals surface area (Å²) in [5.74, 6) is -5.24. The molecule has 2 aliphatic rings. The van der Waals surface area contributed by atoms with Gasteiger partial charge in [-0.3, -0.25) is 9.59 Å². The summed E-state index contributed by atoms with van der Waals surface area (Å²) in [5, 5.41) is 159. The first-order valence-electron chi connectivity index (χ1n) is 17.7. The predicted octanol–water partition coefficient (Wildman–Crippen LogP) is -1.74. The number of aliphatic hydroxyl groups excluding tert-OH is 8. The molecule has 0 radical (unpaired) electrons. The van der Waals surface area contributed by atoms with E-state index in [0.717, 1.165) is 36.4 Å². The van der Waals surface area contributed by atoms with Gasteiger partial charge in [0, 0.05) is 24.3 Å². The van der Waals surface area contributed by atoms with E-state index >= 15 is 0 Å². The number of hydrogen-bond acceptors (Lipinski definition) is 22. The van der Waals surface area contributed by atoms with Gasteiger partial charge in [-0.25, -0.2) is 0 Å². The summed E-state index contributed by atoms with van der Waals surface area (Å²) in [4.78, 5) is 25.8. The first kappa shape index (κ1) is 49.4. The minimum absolute atomic E-state index is 0. The van der Waals surface area contributed by atoms with Crippen LogP contribution in [0.2, 0.25) is 0 Å². The largest absolute Gasteiger partial charge is 2.00 e. The smallest absolute Gasteiger partial charge is 1.00 e. The van der Waals surface area contributed by atoms with Gasteiger partial charge in [0.15, 0.2) is 23.0 Å². The van der Waals surface area contributed by atoms with Crippen LogP contribution >= 0.6 is 0 Å². The zero-order chi connectivity index (χ0) is 43.8. The van der Waals surface area contributed by atoms with E-state index in [4.69, 9.17) is 18.3 Å². The zero-order valence-corrected chi connectivity index (χ0v) is 36.1. The van der Waals surface area contributed by atoms with Crippen LogP contribution in [0.25, 0.3) is 43.9 Å². The predicted molar refractivity (Wildman–Crippen MR) is 215 cm³/mol. The molecule has 16 N–H and O–H groups in total. The molecular weight excluding hydrogens is 889 g/mol. The Balaban J connectivity index is 0.000000605. The molecule has 2 fully saturated rings. The fourth-order valence-electron chi connectivity index (χ4n) is 7.28. The molecule has 0 aliphatic carbocycles. The number of fused-ring (bicyclic) bond motifs is 4. The second-order valence-electron chi connectivity index (χ2n) is 14.1. The van der Waals surface area contributed by atoms with Crippen LogP contribution in [0.5, 0.6) is 46.0 Å². The molecule has 2 aromatic heterocycles. The number of benzene rings is 4. The molecule has 4 aromatic carbocycles. The first-order chi connectivity index (χ1) is 28.3. The van der Waals surface area contributed by atoms with Crippen LogP contribution in [0.3, 0.4) is 0 Å². The van der Waals surface area contributed by atoms with Gasteiger partial charge in [0.05, 0.1) is 35.1 Å². The fourth-order valence-corrected chi connectivity index (χ4v) is 7.28. The van der Waals surface area contributed by atoms with E-state index in [9.17, 15) is 91.3 Å². The zero-order valence-electron chi connectivity index (χ0n) is 35.7. The van der Waals surface area contributed by atoms with E-state index in [1.165, 1.54) is 0 Å². The Kier molecular flexibility index (Phi) is 15.0. The molecule has 2 aliphatic heterocycles. The molecule has 10 atom stereocenters. The van der Waals surface area contributed by atoms with Crippen molar-refractivity contribution in [2.75, 3.05) is 13.2 Å². The topological polar surface area (TPSA) is 403 Å². The summed E-state index contributed by atoms with van der Waals surface area (Å²) in [7, 11) is 0. The molecule has 2 saturated heterocycles. The summed E-state index contributed by atoms with van der Waals surface area (Å²) in [6.07, 6.45) is -16.3. The third-order valence-corrected chi connectivity index (χ3v) is 10.5. The van der Waals surface area contributed by atoms with Crippen LogP contribution in [-0.2, 0) is 9.47 Å². The number of aliphatic hydroxyl groups is 8. The Bertz CT molecular complexity index is 2620. The summed E-state index contributed by atoms with van der Waals surface area (Å²) in [6, 6.07) is 5.80. The number of hydrogen-bond donors (Lipinski definition) is 16. The van der Waals surface area contributed by atoms with Crippen molar-refractivity contribution in [3.63, 3.8) is 0 Å². The van der Waals surface area contributed by atoms with Gasteiger partial charge in [-0.15, -0.1) is 0 Å². The van der Waals surface area contributed by atoms with Crippen LogP contribution in [0, 0.1) is 0 Å². The number of phenols is 8. The van der Waals surface area contributed by atoms with Crippen molar-refractivity contribution in [1.29, 1.82) is 0 Å². The second kappa shape index (κ2) is 18.8. The molecule has 8 rings (SSSR count). The van der Waals surface area contributed by atoms with Crippen LogP contribution in [0.15, 0.2) is 54.8 Å². The Morgan fingerprint density at radius 2 is 0.742 bits per heavy atom. The number of ether oxygens (including phenoxy) is 2. The third kappa shape index (κ3) is 8.28.